The molecule has 9 heteroatoms. The van der Waals surface area contributed by atoms with Crippen LogP contribution in [-0.2, 0) is 14.3 Å². The first-order chi connectivity index (χ1) is 10.8. The molecule has 2 atom stereocenters. The van der Waals surface area contributed by atoms with Crippen LogP contribution in [0.1, 0.15) is 23.5 Å². The lowest BCUT2D eigenvalue weighted by atomic mass is 10.2. The Morgan fingerprint density at radius 2 is 1.91 bits per heavy atom. The molecule has 1 aliphatic heterocycles. The van der Waals surface area contributed by atoms with Gasteiger partial charge in [-0.15, -0.1) is 11.3 Å². The van der Waals surface area contributed by atoms with Crippen molar-refractivity contribution in [1.82, 2.24) is 4.90 Å². The van der Waals surface area contributed by atoms with Crippen molar-refractivity contribution in [2.75, 3.05) is 26.8 Å². The fraction of sp³-hybridized carbons (Fsp3) is 0.571. The average Bonchev–Trinajstić information content (AvgIpc) is 2.78. The molecule has 1 amide bonds. The van der Waals surface area contributed by atoms with E-state index in [9.17, 15) is 9.59 Å². The third-order valence-corrected chi connectivity index (χ3v) is 6.61. The van der Waals surface area contributed by atoms with Crippen LogP contribution >= 0.6 is 43.2 Å². The van der Waals surface area contributed by atoms with Gasteiger partial charge in [0.1, 0.15) is 4.88 Å². The Labute approximate surface area is 155 Å². The summed E-state index contributed by atoms with van der Waals surface area (Å²) in [7, 11) is 1.28. The van der Waals surface area contributed by atoms with Crippen molar-refractivity contribution in [2.45, 2.75) is 26.1 Å². The fourth-order valence-electron chi connectivity index (χ4n) is 2.32. The van der Waals surface area contributed by atoms with Gasteiger partial charge in [-0.1, -0.05) is 0 Å². The Morgan fingerprint density at radius 1 is 1.30 bits per heavy atom. The lowest BCUT2D eigenvalue weighted by molar-refractivity contribution is -0.142. The van der Waals surface area contributed by atoms with Gasteiger partial charge < -0.3 is 19.1 Å². The molecule has 0 N–H and O–H groups in total. The first-order valence-corrected chi connectivity index (χ1v) is 9.35. The van der Waals surface area contributed by atoms with E-state index in [4.69, 9.17) is 9.47 Å². The van der Waals surface area contributed by atoms with E-state index in [1.807, 2.05) is 13.8 Å². The normalized spacial score (nSPS) is 21.2. The first-order valence-electron chi connectivity index (χ1n) is 6.95. The number of esters is 1. The molecule has 23 heavy (non-hydrogen) atoms. The van der Waals surface area contributed by atoms with E-state index in [0.717, 1.165) is 3.79 Å². The zero-order valence-electron chi connectivity index (χ0n) is 12.9. The topological polar surface area (TPSA) is 65.1 Å². The maximum Gasteiger partial charge on any atom is 0.343 e. The van der Waals surface area contributed by atoms with E-state index >= 15 is 0 Å². The fourth-order valence-corrected chi connectivity index (χ4v) is 4.50. The lowest BCUT2D eigenvalue weighted by Crippen LogP contribution is -2.48. The minimum atomic E-state index is -0.508. The van der Waals surface area contributed by atoms with Crippen LogP contribution in [-0.4, -0.2) is 55.8 Å². The summed E-state index contributed by atoms with van der Waals surface area (Å²) in [6, 6.07) is 0. The molecule has 0 spiro atoms. The molecule has 1 saturated heterocycles. The Bertz CT molecular complexity index is 596. The number of methoxy groups -OCH3 is 1. The molecule has 1 aliphatic rings. The zero-order chi connectivity index (χ0) is 17.1. The highest BCUT2D eigenvalue weighted by atomic mass is 79.9. The molecule has 0 saturated carbocycles. The second kappa shape index (κ2) is 7.96. The maximum atomic E-state index is 12.8. The molecule has 0 radical (unpaired) electrons. The number of amides is 1. The Kier molecular flexibility index (Phi) is 6.47. The van der Waals surface area contributed by atoms with Crippen LogP contribution in [0, 0.1) is 0 Å². The second-order valence-corrected chi connectivity index (χ2v) is 8.31. The molecule has 6 nitrogen and oxygen atoms in total. The standard InChI is InChI=1S/C14H17Br2NO5S/c1-7-4-17(5-8(2)22-7)14(19)12-11(10(15)13(16)23-12)21-6-9(18)20-3/h7-8H,4-6H2,1-3H3. The van der Waals surface area contributed by atoms with Crippen LogP contribution in [0.2, 0.25) is 0 Å². The summed E-state index contributed by atoms with van der Waals surface area (Å²) < 4.78 is 17.1. The van der Waals surface area contributed by atoms with Crippen LogP contribution < -0.4 is 4.74 Å². The quantitative estimate of drug-likeness (QED) is 0.632. The summed E-state index contributed by atoms with van der Waals surface area (Å²) in [6.07, 6.45) is -0.0389. The van der Waals surface area contributed by atoms with E-state index in [1.165, 1.54) is 18.4 Å². The van der Waals surface area contributed by atoms with Crippen molar-refractivity contribution in [1.29, 1.82) is 0 Å². The Balaban J connectivity index is 2.22. The highest BCUT2D eigenvalue weighted by molar-refractivity contribution is 9.13. The number of nitrogens with zero attached hydrogens (tertiary/aromatic N) is 1. The minimum absolute atomic E-state index is 0.0195. The van der Waals surface area contributed by atoms with Gasteiger partial charge in [0.2, 0.25) is 0 Å². The summed E-state index contributed by atoms with van der Waals surface area (Å²) in [5.74, 6) is -0.293. The number of carbonyl (C=O) groups excluding carboxylic acids is 2. The number of hydrogen-bond acceptors (Lipinski definition) is 6. The SMILES string of the molecule is COC(=O)COc1c(C(=O)N2CC(C)OC(C)C2)sc(Br)c1Br. The lowest BCUT2D eigenvalue weighted by Gasteiger charge is -2.35. The molecule has 2 heterocycles. The minimum Gasteiger partial charge on any atom is -0.479 e. The van der Waals surface area contributed by atoms with E-state index in [-0.39, 0.29) is 24.7 Å². The summed E-state index contributed by atoms with van der Waals surface area (Å²) >= 11 is 8.03. The average molecular weight is 471 g/mol. The van der Waals surface area contributed by atoms with Gasteiger partial charge in [-0.25, -0.2) is 4.79 Å². The number of halogens is 2. The monoisotopic (exact) mass is 469 g/mol. The number of carbonyl (C=O) groups is 2. The van der Waals surface area contributed by atoms with Crippen LogP contribution in [0.15, 0.2) is 8.26 Å². The van der Waals surface area contributed by atoms with Gasteiger partial charge in [0.05, 0.1) is 27.6 Å². The molecule has 1 fully saturated rings. The third kappa shape index (κ3) is 4.46. The van der Waals surface area contributed by atoms with Crippen molar-refractivity contribution < 1.29 is 23.8 Å². The van der Waals surface area contributed by atoms with E-state index in [0.29, 0.717) is 28.2 Å². The molecular weight excluding hydrogens is 454 g/mol. The van der Waals surface area contributed by atoms with Gasteiger partial charge >= 0.3 is 5.97 Å². The molecule has 2 rings (SSSR count). The van der Waals surface area contributed by atoms with Crippen LogP contribution in [0.25, 0.3) is 0 Å². The van der Waals surface area contributed by atoms with Crippen molar-refractivity contribution in [3.05, 3.63) is 13.1 Å². The molecule has 0 bridgehead atoms. The largest absolute Gasteiger partial charge is 0.479 e. The highest BCUT2D eigenvalue weighted by Crippen LogP contribution is 2.44. The molecule has 1 aromatic heterocycles. The van der Waals surface area contributed by atoms with Gasteiger partial charge in [-0.2, -0.15) is 0 Å². The maximum absolute atomic E-state index is 12.8. The summed E-state index contributed by atoms with van der Waals surface area (Å²) in [5, 5.41) is 0. The van der Waals surface area contributed by atoms with E-state index in [1.54, 1.807) is 4.90 Å². The van der Waals surface area contributed by atoms with Gasteiger partial charge in [-0.3, -0.25) is 4.79 Å². The van der Waals surface area contributed by atoms with Crippen molar-refractivity contribution >= 4 is 55.1 Å². The summed E-state index contributed by atoms with van der Waals surface area (Å²) in [6.45, 7) is 4.66. The number of ether oxygens (including phenoxy) is 3. The first kappa shape index (κ1) is 18.7. The Hall–Kier alpha value is -0.640. The highest BCUT2D eigenvalue weighted by Gasteiger charge is 2.31. The Morgan fingerprint density at radius 3 is 2.48 bits per heavy atom. The number of thiophene rings is 1. The van der Waals surface area contributed by atoms with Gasteiger partial charge in [-0.05, 0) is 45.7 Å². The predicted octanol–water partition coefficient (Wildman–Crippen LogP) is 3.07. The molecule has 0 aromatic carbocycles. The zero-order valence-corrected chi connectivity index (χ0v) is 16.9. The third-order valence-electron chi connectivity index (χ3n) is 3.23. The summed E-state index contributed by atoms with van der Waals surface area (Å²) in [4.78, 5) is 26.3. The number of hydrogen-bond donors (Lipinski definition) is 0. The van der Waals surface area contributed by atoms with Crippen molar-refractivity contribution in [3.8, 4) is 5.75 Å². The number of morpholine rings is 1. The van der Waals surface area contributed by atoms with E-state index < -0.39 is 5.97 Å². The van der Waals surface area contributed by atoms with Crippen LogP contribution in [0.5, 0.6) is 5.75 Å². The number of rotatable bonds is 4. The smallest absolute Gasteiger partial charge is 0.343 e. The van der Waals surface area contributed by atoms with Crippen molar-refractivity contribution in [3.63, 3.8) is 0 Å². The van der Waals surface area contributed by atoms with Crippen LogP contribution in [0.3, 0.4) is 0 Å². The second-order valence-electron chi connectivity index (χ2n) is 5.18. The van der Waals surface area contributed by atoms with Gasteiger partial charge in [0.15, 0.2) is 12.4 Å². The predicted molar refractivity (Wildman–Crippen MR) is 93.1 cm³/mol. The van der Waals surface area contributed by atoms with E-state index in [2.05, 4.69) is 36.6 Å². The van der Waals surface area contributed by atoms with Crippen molar-refractivity contribution in [2.24, 2.45) is 0 Å². The molecular formula is C14H17Br2NO5S. The molecule has 1 aromatic rings. The molecule has 128 valence electrons. The summed E-state index contributed by atoms with van der Waals surface area (Å²) in [5.41, 5.74) is 0. The van der Waals surface area contributed by atoms with Gasteiger partial charge in [0.25, 0.3) is 5.91 Å². The van der Waals surface area contributed by atoms with Crippen LogP contribution in [0.4, 0.5) is 0 Å². The molecule has 0 aliphatic carbocycles. The van der Waals surface area contributed by atoms with Gasteiger partial charge in [0, 0.05) is 13.1 Å². The molecule has 2 unspecified atom stereocenters.